The molecule has 1 saturated heterocycles. The number of carbonyl (C=O) groups is 1. The Balaban J connectivity index is 1.54. The Morgan fingerprint density at radius 2 is 2.20 bits per heavy atom. The van der Waals surface area contributed by atoms with Gasteiger partial charge in [0.25, 0.3) is 5.91 Å². The van der Waals surface area contributed by atoms with Crippen LogP contribution < -0.4 is 5.32 Å². The fraction of sp³-hybridized carbons (Fsp3) is 0.278. The molecule has 0 bridgehead atoms. The van der Waals surface area contributed by atoms with Crippen LogP contribution in [0, 0.1) is 0 Å². The number of ether oxygens (including phenoxy) is 1. The van der Waals surface area contributed by atoms with Crippen LogP contribution in [-0.4, -0.2) is 33.9 Å². The highest BCUT2D eigenvalue weighted by molar-refractivity contribution is 7.19. The standard InChI is InChI=1S/C18H18N4O2S/c1-22-10-14(16(21-22)13-7-8-24-11-13)17(23)20-15-9-19-18(25-15)12-5-3-2-4-6-12/h2-6,9-10,13H,7-8,11H2,1H3,(H,20,23)/t13-/m0/s1. The number of amides is 1. The second kappa shape index (κ2) is 6.78. The molecule has 7 heteroatoms. The van der Waals surface area contributed by atoms with E-state index in [2.05, 4.69) is 15.4 Å². The lowest BCUT2D eigenvalue weighted by atomic mass is 10.0. The molecule has 1 N–H and O–H groups in total. The highest BCUT2D eigenvalue weighted by Crippen LogP contribution is 2.30. The minimum Gasteiger partial charge on any atom is -0.381 e. The van der Waals surface area contributed by atoms with Gasteiger partial charge in [0, 0.05) is 31.3 Å². The molecule has 0 saturated carbocycles. The molecular weight excluding hydrogens is 336 g/mol. The molecule has 0 radical (unpaired) electrons. The molecule has 128 valence electrons. The van der Waals surface area contributed by atoms with E-state index < -0.39 is 0 Å². The third kappa shape index (κ3) is 3.33. The Morgan fingerprint density at radius 3 is 2.96 bits per heavy atom. The fourth-order valence-corrected chi connectivity index (χ4v) is 3.77. The number of aromatic nitrogens is 3. The predicted octanol–water partition coefficient (Wildman–Crippen LogP) is 3.30. The number of carbonyl (C=O) groups excluding carboxylic acids is 1. The summed E-state index contributed by atoms with van der Waals surface area (Å²) in [5.74, 6) is 0.0292. The van der Waals surface area contributed by atoms with E-state index in [1.54, 1.807) is 17.1 Å². The highest BCUT2D eigenvalue weighted by Gasteiger charge is 2.26. The van der Waals surface area contributed by atoms with Gasteiger partial charge in [-0.1, -0.05) is 41.7 Å². The van der Waals surface area contributed by atoms with Gasteiger partial charge in [-0.05, 0) is 6.42 Å². The Labute approximate surface area is 149 Å². The zero-order valence-electron chi connectivity index (χ0n) is 13.8. The normalized spacial score (nSPS) is 16.9. The Bertz CT molecular complexity index is 882. The third-order valence-electron chi connectivity index (χ3n) is 4.18. The van der Waals surface area contributed by atoms with Gasteiger partial charge < -0.3 is 10.1 Å². The molecule has 6 nitrogen and oxygen atoms in total. The van der Waals surface area contributed by atoms with Gasteiger partial charge in [-0.15, -0.1) is 0 Å². The molecule has 1 amide bonds. The van der Waals surface area contributed by atoms with E-state index >= 15 is 0 Å². The van der Waals surface area contributed by atoms with E-state index in [1.165, 1.54) is 11.3 Å². The third-order valence-corrected chi connectivity index (χ3v) is 5.14. The number of rotatable bonds is 4. The van der Waals surface area contributed by atoms with Crippen molar-refractivity contribution in [3.05, 3.63) is 54.0 Å². The van der Waals surface area contributed by atoms with E-state index in [-0.39, 0.29) is 11.8 Å². The number of aryl methyl sites for hydroxylation is 1. The molecule has 1 atom stereocenters. The van der Waals surface area contributed by atoms with Gasteiger partial charge in [-0.3, -0.25) is 9.48 Å². The minimum absolute atomic E-state index is 0.154. The van der Waals surface area contributed by atoms with Crippen LogP contribution in [0.2, 0.25) is 0 Å². The summed E-state index contributed by atoms with van der Waals surface area (Å²) < 4.78 is 7.12. The summed E-state index contributed by atoms with van der Waals surface area (Å²) in [6, 6.07) is 9.92. The van der Waals surface area contributed by atoms with Crippen molar-refractivity contribution in [3.8, 4) is 10.6 Å². The van der Waals surface area contributed by atoms with Crippen molar-refractivity contribution in [1.82, 2.24) is 14.8 Å². The summed E-state index contributed by atoms with van der Waals surface area (Å²) in [4.78, 5) is 17.1. The van der Waals surface area contributed by atoms with E-state index in [4.69, 9.17) is 4.74 Å². The summed E-state index contributed by atoms with van der Waals surface area (Å²) >= 11 is 1.46. The van der Waals surface area contributed by atoms with Crippen molar-refractivity contribution < 1.29 is 9.53 Å². The first-order valence-electron chi connectivity index (χ1n) is 8.14. The maximum Gasteiger partial charge on any atom is 0.259 e. The van der Waals surface area contributed by atoms with Crippen LogP contribution in [0.5, 0.6) is 0 Å². The second-order valence-corrected chi connectivity index (χ2v) is 7.04. The van der Waals surface area contributed by atoms with Crippen molar-refractivity contribution >= 4 is 22.2 Å². The second-order valence-electron chi connectivity index (χ2n) is 6.01. The highest BCUT2D eigenvalue weighted by atomic mass is 32.1. The number of nitrogens with one attached hydrogen (secondary N) is 1. The van der Waals surface area contributed by atoms with Crippen molar-refractivity contribution in [2.24, 2.45) is 7.05 Å². The van der Waals surface area contributed by atoms with E-state index in [9.17, 15) is 4.79 Å². The van der Waals surface area contributed by atoms with Gasteiger partial charge in [-0.25, -0.2) is 4.98 Å². The zero-order valence-corrected chi connectivity index (χ0v) is 14.6. The van der Waals surface area contributed by atoms with Crippen LogP contribution in [0.25, 0.3) is 10.6 Å². The Kier molecular flexibility index (Phi) is 4.33. The number of nitrogens with zero attached hydrogens (tertiary/aromatic N) is 3. The molecular formula is C18H18N4O2S. The van der Waals surface area contributed by atoms with Gasteiger partial charge in [0.2, 0.25) is 0 Å². The van der Waals surface area contributed by atoms with Crippen LogP contribution in [0.1, 0.15) is 28.4 Å². The fourth-order valence-electron chi connectivity index (χ4n) is 2.96. The minimum atomic E-state index is -0.154. The SMILES string of the molecule is Cn1cc(C(=O)Nc2cnc(-c3ccccc3)s2)c([C@H]2CCOC2)n1. The quantitative estimate of drug-likeness (QED) is 0.780. The zero-order chi connectivity index (χ0) is 17.2. The average Bonchev–Trinajstić information content (AvgIpc) is 3.35. The molecule has 3 aromatic rings. The van der Waals surface area contributed by atoms with Crippen LogP contribution >= 0.6 is 11.3 Å². The molecule has 0 unspecified atom stereocenters. The number of thiazole rings is 1. The molecule has 3 heterocycles. The average molecular weight is 354 g/mol. The van der Waals surface area contributed by atoms with E-state index in [0.717, 1.165) is 34.3 Å². The smallest absolute Gasteiger partial charge is 0.259 e. The number of benzene rings is 1. The van der Waals surface area contributed by atoms with Gasteiger partial charge in [-0.2, -0.15) is 5.10 Å². The summed E-state index contributed by atoms with van der Waals surface area (Å²) in [5, 5.41) is 9.02. The molecule has 0 aliphatic carbocycles. The maximum atomic E-state index is 12.7. The Morgan fingerprint density at radius 1 is 1.36 bits per heavy atom. The predicted molar refractivity (Wildman–Crippen MR) is 96.9 cm³/mol. The largest absolute Gasteiger partial charge is 0.381 e. The summed E-state index contributed by atoms with van der Waals surface area (Å²) in [6.07, 6.45) is 4.36. The Hall–Kier alpha value is -2.51. The first kappa shape index (κ1) is 16.0. The van der Waals surface area contributed by atoms with Crippen molar-refractivity contribution in [2.75, 3.05) is 18.5 Å². The number of hydrogen-bond donors (Lipinski definition) is 1. The monoisotopic (exact) mass is 354 g/mol. The van der Waals surface area contributed by atoms with Crippen molar-refractivity contribution in [3.63, 3.8) is 0 Å². The maximum absolute atomic E-state index is 12.7. The molecule has 1 aliphatic rings. The summed E-state index contributed by atoms with van der Waals surface area (Å²) in [5.41, 5.74) is 2.45. The van der Waals surface area contributed by atoms with Crippen LogP contribution in [0.15, 0.2) is 42.7 Å². The van der Waals surface area contributed by atoms with E-state index in [0.29, 0.717) is 12.2 Å². The van der Waals surface area contributed by atoms with Crippen LogP contribution in [-0.2, 0) is 11.8 Å². The van der Waals surface area contributed by atoms with E-state index in [1.807, 2.05) is 37.4 Å². The van der Waals surface area contributed by atoms with Gasteiger partial charge in [0.1, 0.15) is 10.0 Å². The lowest BCUT2D eigenvalue weighted by Crippen LogP contribution is -2.14. The molecule has 25 heavy (non-hydrogen) atoms. The molecule has 0 spiro atoms. The van der Waals surface area contributed by atoms with Gasteiger partial charge >= 0.3 is 0 Å². The summed E-state index contributed by atoms with van der Waals surface area (Å²) in [6.45, 7) is 1.34. The van der Waals surface area contributed by atoms with Crippen molar-refractivity contribution in [1.29, 1.82) is 0 Å². The molecule has 2 aromatic heterocycles. The molecule has 1 aliphatic heterocycles. The van der Waals surface area contributed by atoms with Crippen LogP contribution in [0.3, 0.4) is 0 Å². The first-order valence-corrected chi connectivity index (χ1v) is 8.96. The number of anilines is 1. The first-order chi connectivity index (χ1) is 12.2. The number of hydrogen-bond acceptors (Lipinski definition) is 5. The van der Waals surface area contributed by atoms with Crippen molar-refractivity contribution in [2.45, 2.75) is 12.3 Å². The molecule has 1 aromatic carbocycles. The topological polar surface area (TPSA) is 69.0 Å². The van der Waals surface area contributed by atoms with Crippen LogP contribution in [0.4, 0.5) is 5.00 Å². The lowest BCUT2D eigenvalue weighted by molar-refractivity contribution is 0.102. The van der Waals surface area contributed by atoms with Gasteiger partial charge in [0.15, 0.2) is 0 Å². The summed E-state index contributed by atoms with van der Waals surface area (Å²) in [7, 11) is 1.83. The lowest BCUT2D eigenvalue weighted by Gasteiger charge is -2.07. The molecule has 4 rings (SSSR count). The van der Waals surface area contributed by atoms with Gasteiger partial charge in [0.05, 0.1) is 24.1 Å². The molecule has 1 fully saturated rings.